The van der Waals surface area contributed by atoms with Crippen molar-refractivity contribution in [2.45, 2.75) is 26.7 Å². The third-order valence-corrected chi connectivity index (χ3v) is 14.3. The van der Waals surface area contributed by atoms with Crippen molar-refractivity contribution in [3.05, 3.63) is 0 Å². The lowest BCUT2D eigenvalue weighted by atomic mass is 9.88. The van der Waals surface area contributed by atoms with Gasteiger partial charge in [0.2, 0.25) is 0 Å². The van der Waals surface area contributed by atoms with Gasteiger partial charge in [-0.15, -0.1) is 0 Å². The van der Waals surface area contributed by atoms with E-state index < -0.39 is 19.5 Å². The average molecular weight is 407 g/mol. The molecule has 0 radical (unpaired) electrons. The van der Waals surface area contributed by atoms with Crippen LogP contribution in [-0.2, 0) is 9.05 Å². The fraction of sp³-hybridized carbons (Fsp3) is 1.00. The Morgan fingerprint density at radius 2 is 1.53 bits per heavy atom. The topological polar surface area (TPSA) is 55.5 Å². The number of halogens is 4. The molecule has 0 fully saturated rings. The zero-order valence-electron chi connectivity index (χ0n) is 10.3. The summed E-state index contributed by atoms with van der Waals surface area (Å²) < 4.78 is 23.7. The van der Waals surface area contributed by atoms with E-state index in [4.69, 9.17) is 54.0 Å². The molecule has 2 rings (SSSR count). The standard InChI is InChI=1S/C7H14Cl4N3O2P3/c1-3-4-7(2)5-15-18(10)12-17(8,9)13-19(11,14-18)16-6-7/h3-6H2,1-2H3. The molecule has 5 nitrogen and oxygen atoms in total. The van der Waals surface area contributed by atoms with Gasteiger partial charge in [0.05, 0.1) is 13.2 Å². The summed E-state index contributed by atoms with van der Waals surface area (Å²) in [5.74, 6) is -2.96. The quantitative estimate of drug-likeness (QED) is 0.442. The molecule has 0 saturated heterocycles. The van der Waals surface area contributed by atoms with E-state index in [1.807, 2.05) is 0 Å². The number of hydrogen-bond acceptors (Lipinski definition) is 5. The van der Waals surface area contributed by atoms with Gasteiger partial charge in [-0.25, -0.2) is 0 Å². The van der Waals surface area contributed by atoms with Gasteiger partial charge in [0.25, 0.3) is 5.91 Å². The van der Waals surface area contributed by atoms with Gasteiger partial charge in [-0.3, -0.25) is 0 Å². The molecule has 0 saturated carbocycles. The highest BCUT2D eigenvalue weighted by Gasteiger charge is 2.40. The van der Waals surface area contributed by atoms with Gasteiger partial charge in [0.1, 0.15) is 0 Å². The second kappa shape index (κ2) is 5.76. The Balaban J connectivity index is 2.44. The van der Waals surface area contributed by atoms with Crippen LogP contribution in [0.1, 0.15) is 26.7 Å². The predicted octanol–water partition coefficient (Wildman–Crippen LogP) is 7.65. The van der Waals surface area contributed by atoms with Gasteiger partial charge in [-0.05, 0) is 51.4 Å². The van der Waals surface area contributed by atoms with Crippen LogP contribution in [0.3, 0.4) is 0 Å². The van der Waals surface area contributed by atoms with E-state index in [0.29, 0.717) is 13.2 Å². The lowest BCUT2D eigenvalue weighted by Gasteiger charge is -2.35. The number of hydrogen-bond donors (Lipinski definition) is 0. The molecular weight excluding hydrogens is 393 g/mol. The first-order chi connectivity index (χ1) is 8.60. The summed E-state index contributed by atoms with van der Waals surface area (Å²) in [6, 6.07) is 0. The van der Waals surface area contributed by atoms with E-state index in [0.717, 1.165) is 12.8 Å². The summed E-state index contributed by atoms with van der Waals surface area (Å²) in [4.78, 5) is 0. The molecule has 12 heteroatoms. The van der Waals surface area contributed by atoms with Crippen LogP contribution in [0, 0.1) is 5.41 Å². The van der Waals surface area contributed by atoms with Crippen molar-refractivity contribution in [1.29, 1.82) is 0 Å². The maximum absolute atomic E-state index is 6.30. The molecule has 0 N–H and O–H groups in total. The lowest BCUT2D eigenvalue weighted by molar-refractivity contribution is 0.0957. The van der Waals surface area contributed by atoms with E-state index in [1.165, 1.54) is 0 Å². The number of rotatable bonds is 2. The first-order valence-electron chi connectivity index (χ1n) is 5.59. The summed E-state index contributed by atoms with van der Waals surface area (Å²) in [5, 5.41) is 0. The normalized spacial score (nSPS) is 45.2. The predicted molar refractivity (Wildman–Crippen MR) is 86.4 cm³/mol. The zero-order chi connectivity index (χ0) is 14.4. The van der Waals surface area contributed by atoms with E-state index in [2.05, 4.69) is 27.4 Å². The minimum Gasteiger partial charge on any atom is -0.315 e. The van der Waals surface area contributed by atoms with Crippen LogP contribution in [0.2, 0.25) is 0 Å². The van der Waals surface area contributed by atoms with Crippen molar-refractivity contribution >= 4 is 64.4 Å². The Hall–Kier alpha value is 1.77. The summed E-state index contributed by atoms with van der Waals surface area (Å²) >= 11 is 24.6. The van der Waals surface area contributed by atoms with E-state index in [-0.39, 0.29) is 5.41 Å². The third-order valence-electron chi connectivity index (χ3n) is 2.66. The molecule has 3 unspecified atom stereocenters. The molecule has 19 heavy (non-hydrogen) atoms. The highest BCUT2D eigenvalue weighted by molar-refractivity contribution is 8.16. The Kier molecular flexibility index (Phi) is 5.19. The molecule has 0 aromatic heterocycles. The zero-order valence-corrected chi connectivity index (χ0v) is 16.0. The second-order valence-corrected chi connectivity index (χ2v) is 16.2. The van der Waals surface area contributed by atoms with Gasteiger partial charge in [-0.2, -0.15) is 13.5 Å². The highest BCUT2D eigenvalue weighted by Crippen LogP contribution is 2.86. The average Bonchev–Trinajstić information content (AvgIpc) is 2.21. The minimum atomic E-state index is -2.97. The van der Waals surface area contributed by atoms with Gasteiger partial charge >= 0.3 is 13.6 Å². The molecule has 0 amide bonds. The van der Waals surface area contributed by atoms with Crippen molar-refractivity contribution in [2.24, 2.45) is 19.0 Å². The van der Waals surface area contributed by atoms with E-state index in [1.54, 1.807) is 0 Å². The monoisotopic (exact) mass is 405 g/mol. The molecule has 0 aromatic rings. The van der Waals surface area contributed by atoms with Gasteiger partial charge in [0, 0.05) is 5.41 Å². The summed E-state index contributed by atoms with van der Waals surface area (Å²) in [6.07, 6.45) is 1.92. The van der Waals surface area contributed by atoms with Crippen LogP contribution in [0.25, 0.3) is 0 Å². The number of fused-ring (bicyclic) bond motifs is 1. The molecule has 2 bridgehead atoms. The SMILES string of the molecule is CCCC1(C)COP2(Cl)=NP(Cl)(Cl)=NP(Cl)(=N2)OC1. The molecule has 3 atom stereocenters. The molecule has 2 heterocycles. The van der Waals surface area contributed by atoms with E-state index >= 15 is 0 Å². The molecule has 0 aliphatic carbocycles. The Bertz CT molecular complexity index is 532. The van der Waals surface area contributed by atoms with Crippen molar-refractivity contribution in [3.8, 4) is 0 Å². The van der Waals surface area contributed by atoms with Gasteiger partial charge in [-0.1, -0.05) is 20.3 Å². The molecule has 0 spiro atoms. The maximum Gasteiger partial charge on any atom is 0.300 e. The third kappa shape index (κ3) is 4.38. The maximum atomic E-state index is 6.30. The van der Waals surface area contributed by atoms with Crippen LogP contribution in [-0.4, -0.2) is 13.2 Å². The van der Waals surface area contributed by atoms with Gasteiger partial charge in [0.15, 0.2) is 0 Å². The van der Waals surface area contributed by atoms with Crippen LogP contribution >= 0.6 is 64.4 Å². The molecular formula is C7H14Cl4N3O2P3. The molecule has 2 aliphatic rings. The van der Waals surface area contributed by atoms with Crippen molar-refractivity contribution < 1.29 is 9.05 Å². The lowest BCUT2D eigenvalue weighted by Crippen LogP contribution is -2.28. The van der Waals surface area contributed by atoms with E-state index in [9.17, 15) is 0 Å². The van der Waals surface area contributed by atoms with Crippen molar-refractivity contribution in [2.75, 3.05) is 13.2 Å². The second-order valence-electron chi connectivity index (χ2n) is 4.78. The smallest absolute Gasteiger partial charge is 0.300 e. The Labute approximate surface area is 132 Å². The Morgan fingerprint density at radius 1 is 1.00 bits per heavy atom. The minimum absolute atomic E-state index is 0.187. The number of nitrogens with zero attached hydrogens (tertiary/aromatic N) is 3. The summed E-state index contributed by atoms with van der Waals surface area (Å²) in [5.41, 5.74) is -0.187. The molecule has 112 valence electrons. The van der Waals surface area contributed by atoms with Crippen molar-refractivity contribution in [3.63, 3.8) is 0 Å². The molecule has 0 aromatic carbocycles. The van der Waals surface area contributed by atoms with Crippen LogP contribution < -0.4 is 0 Å². The first-order valence-corrected chi connectivity index (χ1v) is 14.1. The Morgan fingerprint density at radius 3 is 2.05 bits per heavy atom. The summed E-state index contributed by atoms with van der Waals surface area (Å²) in [7, 11) is 0. The largest absolute Gasteiger partial charge is 0.315 e. The van der Waals surface area contributed by atoms with Crippen LogP contribution in [0.5, 0.6) is 0 Å². The van der Waals surface area contributed by atoms with Crippen LogP contribution in [0.15, 0.2) is 13.5 Å². The highest BCUT2D eigenvalue weighted by atomic mass is 35.9. The first kappa shape index (κ1) is 17.1. The fourth-order valence-electron chi connectivity index (χ4n) is 1.82. The fourth-order valence-corrected chi connectivity index (χ4v) is 16.8. The van der Waals surface area contributed by atoms with Gasteiger partial charge < -0.3 is 9.05 Å². The van der Waals surface area contributed by atoms with Crippen LogP contribution in [0.4, 0.5) is 0 Å². The molecule has 2 aliphatic heterocycles. The summed E-state index contributed by atoms with van der Waals surface area (Å²) in [6.45, 7) is -1.02. The van der Waals surface area contributed by atoms with Crippen molar-refractivity contribution in [1.82, 2.24) is 0 Å².